The minimum atomic E-state index is -0.628. The highest BCUT2D eigenvalue weighted by molar-refractivity contribution is 7.80. The molecule has 17 heavy (non-hydrogen) atoms. The molecule has 0 spiro atoms. The maximum absolute atomic E-state index is 13.0. The Labute approximate surface area is 103 Å². The Balaban J connectivity index is 2.01. The molecule has 1 aromatic rings. The van der Waals surface area contributed by atoms with Gasteiger partial charge in [-0.25, -0.2) is 8.78 Å². The lowest BCUT2D eigenvalue weighted by atomic mass is 10.3. The van der Waals surface area contributed by atoms with Crippen LogP contribution in [0, 0.1) is 11.6 Å². The minimum absolute atomic E-state index is 0.319. The van der Waals surface area contributed by atoms with Gasteiger partial charge in [0.15, 0.2) is 5.11 Å². The molecule has 0 atom stereocenters. The van der Waals surface area contributed by atoms with Crippen LogP contribution in [0.25, 0.3) is 0 Å². The van der Waals surface area contributed by atoms with E-state index >= 15 is 0 Å². The second-order valence-electron chi connectivity index (χ2n) is 3.69. The van der Waals surface area contributed by atoms with E-state index in [0.29, 0.717) is 37.1 Å². The van der Waals surface area contributed by atoms with E-state index in [0.717, 1.165) is 6.07 Å². The van der Waals surface area contributed by atoms with Crippen LogP contribution in [0.5, 0.6) is 0 Å². The summed E-state index contributed by atoms with van der Waals surface area (Å²) in [6.07, 6.45) is 0. The summed E-state index contributed by atoms with van der Waals surface area (Å²) >= 11 is 5.16. The van der Waals surface area contributed by atoms with Crippen LogP contribution in [0.1, 0.15) is 0 Å². The van der Waals surface area contributed by atoms with Gasteiger partial charge in [-0.3, -0.25) is 0 Å². The van der Waals surface area contributed by atoms with Gasteiger partial charge >= 0.3 is 0 Å². The van der Waals surface area contributed by atoms with Gasteiger partial charge in [-0.15, -0.1) is 0 Å². The normalized spacial score (nSPS) is 15.8. The Hall–Kier alpha value is -1.27. The summed E-state index contributed by atoms with van der Waals surface area (Å²) in [6.45, 7) is 2.59. The summed E-state index contributed by atoms with van der Waals surface area (Å²) in [4.78, 5) is 1.90. The van der Waals surface area contributed by atoms with Crippen LogP contribution < -0.4 is 5.32 Å². The van der Waals surface area contributed by atoms with Gasteiger partial charge in [-0.05, 0) is 24.4 Å². The van der Waals surface area contributed by atoms with Crippen molar-refractivity contribution in [1.82, 2.24) is 4.90 Å². The average Bonchev–Trinajstić information content (AvgIpc) is 2.28. The summed E-state index contributed by atoms with van der Waals surface area (Å²) in [5, 5.41) is 3.27. The number of nitrogens with one attached hydrogen (secondary N) is 1. The molecule has 0 aliphatic carbocycles. The van der Waals surface area contributed by atoms with Crippen molar-refractivity contribution in [2.24, 2.45) is 0 Å². The Bertz CT molecular complexity index is 402. The zero-order valence-corrected chi connectivity index (χ0v) is 9.90. The van der Waals surface area contributed by atoms with Gasteiger partial charge in [0.1, 0.15) is 11.6 Å². The summed E-state index contributed by atoms with van der Waals surface area (Å²) in [7, 11) is 0. The van der Waals surface area contributed by atoms with E-state index in [1.807, 2.05) is 4.90 Å². The number of thiocarbonyl (C=S) groups is 1. The molecule has 1 saturated heterocycles. The zero-order chi connectivity index (χ0) is 12.3. The lowest BCUT2D eigenvalue weighted by Crippen LogP contribution is -2.42. The molecule has 0 saturated carbocycles. The molecular formula is C11H12F2N2OS. The van der Waals surface area contributed by atoms with Crippen LogP contribution in [0.2, 0.25) is 0 Å². The lowest BCUT2D eigenvalue weighted by molar-refractivity contribution is 0.0690. The number of morpholine rings is 1. The molecule has 6 heteroatoms. The number of nitrogens with zero attached hydrogens (tertiary/aromatic N) is 1. The van der Waals surface area contributed by atoms with Crippen molar-refractivity contribution in [3.63, 3.8) is 0 Å². The van der Waals surface area contributed by atoms with E-state index in [2.05, 4.69) is 5.32 Å². The van der Waals surface area contributed by atoms with Crippen molar-refractivity contribution >= 4 is 23.0 Å². The summed E-state index contributed by atoms with van der Waals surface area (Å²) < 4.78 is 31.1. The summed E-state index contributed by atoms with van der Waals surface area (Å²) in [6, 6.07) is 3.23. The molecule has 0 bridgehead atoms. The molecule has 92 valence electrons. The fourth-order valence-electron chi connectivity index (χ4n) is 1.59. The predicted octanol–water partition coefficient (Wildman–Crippen LogP) is 1.99. The van der Waals surface area contributed by atoms with Crippen LogP contribution in [-0.2, 0) is 4.74 Å². The second kappa shape index (κ2) is 5.37. The quantitative estimate of drug-likeness (QED) is 0.779. The molecule has 0 unspecified atom stereocenters. The predicted molar refractivity (Wildman–Crippen MR) is 65.0 cm³/mol. The molecule has 0 amide bonds. The van der Waals surface area contributed by atoms with Crippen molar-refractivity contribution in [1.29, 1.82) is 0 Å². The molecule has 1 N–H and O–H groups in total. The molecule has 3 nitrogen and oxygen atoms in total. The highest BCUT2D eigenvalue weighted by Gasteiger charge is 2.14. The van der Waals surface area contributed by atoms with Crippen molar-refractivity contribution in [2.75, 3.05) is 31.6 Å². The Morgan fingerprint density at radius 3 is 2.35 bits per heavy atom. The summed E-state index contributed by atoms with van der Waals surface area (Å²) in [5.74, 6) is -1.26. The second-order valence-corrected chi connectivity index (χ2v) is 4.07. The third-order valence-corrected chi connectivity index (χ3v) is 2.77. The number of hydrogen-bond donors (Lipinski definition) is 1. The largest absolute Gasteiger partial charge is 0.378 e. The highest BCUT2D eigenvalue weighted by Crippen LogP contribution is 2.13. The monoisotopic (exact) mass is 258 g/mol. The smallest absolute Gasteiger partial charge is 0.173 e. The number of hydrogen-bond acceptors (Lipinski definition) is 2. The van der Waals surface area contributed by atoms with Gasteiger partial charge in [-0.1, -0.05) is 0 Å². The van der Waals surface area contributed by atoms with Crippen LogP contribution in [-0.4, -0.2) is 36.3 Å². The minimum Gasteiger partial charge on any atom is -0.378 e. The fourth-order valence-corrected chi connectivity index (χ4v) is 1.90. The third kappa shape index (κ3) is 3.34. The first-order valence-electron chi connectivity index (χ1n) is 5.25. The summed E-state index contributed by atoms with van der Waals surface area (Å²) in [5.41, 5.74) is 0.319. The van der Waals surface area contributed by atoms with Crippen LogP contribution >= 0.6 is 12.2 Å². The molecule has 1 fully saturated rings. The SMILES string of the molecule is Fc1cc(F)cc(NC(=S)N2CCOCC2)c1. The van der Waals surface area contributed by atoms with Gasteiger partial charge in [0.2, 0.25) is 0 Å². The van der Waals surface area contributed by atoms with Gasteiger partial charge in [-0.2, -0.15) is 0 Å². The maximum atomic E-state index is 13.0. The molecule has 1 aliphatic heterocycles. The van der Waals surface area contributed by atoms with E-state index in [4.69, 9.17) is 17.0 Å². The molecule has 1 aliphatic rings. The number of anilines is 1. The topological polar surface area (TPSA) is 24.5 Å². The van der Waals surface area contributed by atoms with E-state index in [-0.39, 0.29) is 0 Å². The molecule has 0 radical (unpaired) electrons. The molecule has 1 aromatic carbocycles. The van der Waals surface area contributed by atoms with E-state index in [1.165, 1.54) is 12.1 Å². The van der Waals surface area contributed by atoms with E-state index < -0.39 is 11.6 Å². The van der Waals surface area contributed by atoms with Crippen molar-refractivity contribution < 1.29 is 13.5 Å². The number of ether oxygens (including phenoxy) is 1. The first-order chi connectivity index (χ1) is 8.15. The van der Waals surface area contributed by atoms with Crippen molar-refractivity contribution in [2.45, 2.75) is 0 Å². The molecule has 1 heterocycles. The highest BCUT2D eigenvalue weighted by atomic mass is 32.1. The number of rotatable bonds is 1. The van der Waals surface area contributed by atoms with Crippen LogP contribution in [0.15, 0.2) is 18.2 Å². The van der Waals surface area contributed by atoms with Gasteiger partial charge < -0.3 is 15.0 Å². The van der Waals surface area contributed by atoms with E-state index in [1.54, 1.807) is 0 Å². The van der Waals surface area contributed by atoms with Crippen LogP contribution in [0.3, 0.4) is 0 Å². The number of benzene rings is 1. The van der Waals surface area contributed by atoms with Crippen molar-refractivity contribution in [3.05, 3.63) is 29.8 Å². The molecule has 2 rings (SSSR count). The standard InChI is InChI=1S/C11H12F2N2OS/c12-8-5-9(13)7-10(6-8)14-11(17)15-1-3-16-4-2-15/h5-7H,1-4H2,(H,14,17). The van der Waals surface area contributed by atoms with Crippen molar-refractivity contribution in [3.8, 4) is 0 Å². The number of halogens is 2. The van der Waals surface area contributed by atoms with Gasteiger partial charge in [0.25, 0.3) is 0 Å². The lowest BCUT2D eigenvalue weighted by Gasteiger charge is -2.29. The van der Waals surface area contributed by atoms with Gasteiger partial charge in [0, 0.05) is 24.8 Å². The molecular weight excluding hydrogens is 246 g/mol. The Kier molecular flexibility index (Phi) is 3.86. The Morgan fingerprint density at radius 1 is 1.18 bits per heavy atom. The average molecular weight is 258 g/mol. The first kappa shape index (κ1) is 12.2. The fraction of sp³-hybridized carbons (Fsp3) is 0.364. The van der Waals surface area contributed by atoms with E-state index in [9.17, 15) is 8.78 Å². The molecule has 0 aromatic heterocycles. The van der Waals surface area contributed by atoms with Crippen LogP contribution in [0.4, 0.5) is 14.5 Å². The Morgan fingerprint density at radius 2 is 1.76 bits per heavy atom. The third-order valence-electron chi connectivity index (χ3n) is 2.41. The van der Waals surface area contributed by atoms with Gasteiger partial charge in [0.05, 0.1) is 13.2 Å². The maximum Gasteiger partial charge on any atom is 0.173 e. The first-order valence-corrected chi connectivity index (χ1v) is 5.66. The zero-order valence-electron chi connectivity index (χ0n) is 9.08.